The molecule has 0 saturated heterocycles. The minimum Gasteiger partial charge on any atom is -0.353 e. The van der Waals surface area contributed by atoms with Gasteiger partial charge in [0.2, 0.25) is 0 Å². The molecule has 4 heteroatoms. The molecule has 200 valence electrons. The van der Waals surface area contributed by atoms with Gasteiger partial charge in [0.25, 0.3) is 0 Å². The predicted octanol–water partition coefficient (Wildman–Crippen LogP) is 9.18. The maximum absolute atomic E-state index is 4.29. The molecule has 1 N–H and O–H groups in total. The molecule has 0 aliphatic carbocycles. The van der Waals surface area contributed by atoms with Crippen molar-refractivity contribution in [3.63, 3.8) is 0 Å². The molecule has 6 aromatic rings. The van der Waals surface area contributed by atoms with Crippen LogP contribution in [-0.2, 0) is 0 Å². The maximum Gasteiger partial charge on any atom is 0.0794 e. The number of aromatic nitrogens is 2. The Morgan fingerprint density at radius 1 is 0.825 bits per heavy atom. The Balaban J connectivity index is 0.00000158. The molecule has 0 radical (unpaired) electrons. The summed E-state index contributed by atoms with van der Waals surface area (Å²) in [5.41, 5.74) is 9.00. The van der Waals surface area contributed by atoms with Crippen molar-refractivity contribution in [2.45, 2.75) is 25.7 Å². The largest absolute Gasteiger partial charge is 0.353 e. The highest BCUT2D eigenvalue weighted by atomic mass is 32.2. The third-order valence-electron chi connectivity index (χ3n) is 7.08. The number of nitrogens with zero attached hydrogens (tertiary/aromatic N) is 2. The highest BCUT2D eigenvalue weighted by Crippen LogP contribution is 2.37. The fourth-order valence-corrected chi connectivity index (χ4v) is 5.95. The minimum atomic E-state index is 0.933. The second-order valence-corrected chi connectivity index (χ2v) is 10.1. The third-order valence-corrected chi connectivity index (χ3v) is 7.87. The van der Waals surface area contributed by atoms with Gasteiger partial charge < -0.3 is 14.5 Å². The summed E-state index contributed by atoms with van der Waals surface area (Å²) in [6.45, 7) is 14.4. The van der Waals surface area contributed by atoms with Crippen molar-refractivity contribution in [3.8, 4) is 5.69 Å². The molecule has 2 aromatic heterocycles. The van der Waals surface area contributed by atoms with E-state index >= 15 is 0 Å². The van der Waals surface area contributed by atoms with Crippen LogP contribution in [0.2, 0.25) is 0 Å². The number of rotatable bonds is 6. The van der Waals surface area contributed by atoms with Gasteiger partial charge >= 0.3 is 0 Å². The lowest BCUT2D eigenvalue weighted by molar-refractivity contribution is 1.17. The normalized spacial score (nSPS) is 11.4. The number of para-hydroxylation sites is 2. The van der Waals surface area contributed by atoms with E-state index in [1.165, 1.54) is 10.3 Å². The number of thioether (sulfide) groups is 1. The van der Waals surface area contributed by atoms with Gasteiger partial charge in [0, 0.05) is 43.6 Å². The van der Waals surface area contributed by atoms with Crippen molar-refractivity contribution in [3.05, 3.63) is 120 Å². The van der Waals surface area contributed by atoms with Crippen LogP contribution in [0.3, 0.4) is 0 Å². The van der Waals surface area contributed by atoms with Crippen LogP contribution in [0, 0.1) is 0 Å². The second kappa shape index (κ2) is 11.8. The summed E-state index contributed by atoms with van der Waals surface area (Å²) < 4.78 is 2.35. The number of hydrogen-bond acceptors (Lipinski definition) is 2. The zero-order chi connectivity index (χ0) is 28.2. The average Bonchev–Trinajstić information content (AvgIpc) is 3.50. The molecule has 40 heavy (non-hydrogen) atoms. The van der Waals surface area contributed by atoms with Crippen molar-refractivity contribution in [1.82, 2.24) is 9.55 Å². The molecular formula is C36H35N3S. The molecule has 2 heterocycles. The summed E-state index contributed by atoms with van der Waals surface area (Å²) in [5.74, 6) is 0. The topological polar surface area (TPSA) is 24.0 Å². The zero-order valence-corrected chi connectivity index (χ0v) is 24.4. The molecule has 0 spiro atoms. The molecule has 4 aromatic carbocycles. The number of H-pyrrole nitrogens is 1. The number of aromatic amines is 1. The lowest BCUT2D eigenvalue weighted by Crippen LogP contribution is -2.22. The SMILES string of the molecule is C=Cc1cc2c(cc1SC)c1[nH]c(=C)/c(=C\C)c1n2-c1ccc(N(c2ccccc2)c2ccccc2)cc1.CC. The van der Waals surface area contributed by atoms with Crippen molar-refractivity contribution < 1.29 is 0 Å². The van der Waals surface area contributed by atoms with Crippen LogP contribution in [0.15, 0.2) is 109 Å². The number of anilines is 3. The van der Waals surface area contributed by atoms with Crippen molar-refractivity contribution in [2.24, 2.45) is 0 Å². The Morgan fingerprint density at radius 3 is 1.93 bits per heavy atom. The fraction of sp³-hybridized carbons (Fsp3) is 0.111. The fourth-order valence-electron chi connectivity index (χ4n) is 5.34. The van der Waals surface area contributed by atoms with Crippen LogP contribution in [-0.4, -0.2) is 15.8 Å². The molecule has 0 unspecified atom stereocenters. The maximum atomic E-state index is 4.29. The van der Waals surface area contributed by atoms with Gasteiger partial charge in [-0.1, -0.05) is 75.6 Å². The van der Waals surface area contributed by atoms with Crippen LogP contribution in [0.25, 0.3) is 46.4 Å². The molecule has 0 fully saturated rings. The minimum absolute atomic E-state index is 0.933. The Hall–Kier alpha value is -4.41. The molecule has 0 bridgehead atoms. The van der Waals surface area contributed by atoms with Crippen molar-refractivity contribution in [1.29, 1.82) is 0 Å². The van der Waals surface area contributed by atoms with E-state index in [4.69, 9.17) is 0 Å². The van der Waals surface area contributed by atoms with Gasteiger partial charge in [-0.05, 0) is 79.4 Å². The first-order valence-electron chi connectivity index (χ1n) is 13.7. The quantitative estimate of drug-likeness (QED) is 0.213. The van der Waals surface area contributed by atoms with Gasteiger partial charge in [-0.15, -0.1) is 11.8 Å². The van der Waals surface area contributed by atoms with Crippen molar-refractivity contribution >= 4 is 69.5 Å². The zero-order valence-electron chi connectivity index (χ0n) is 23.6. The highest BCUT2D eigenvalue weighted by Gasteiger charge is 2.18. The summed E-state index contributed by atoms with van der Waals surface area (Å²) in [5, 5.41) is 3.25. The molecular weight excluding hydrogens is 506 g/mol. The van der Waals surface area contributed by atoms with Gasteiger partial charge in [-0.25, -0.2) is 0 Å². The van der Waals surface area contributed by atoms with Gasteiger partial charge in [0.15, 0.2) is 0 Å². The standard InChI is InChI=1S/C34H29N3S.C2H6/c1-5-24-21-31-30(22-32(24)38-4)33-34(29(6-2)23(3)35-33)37(31)28-19-17-27(18-20-28)36(25-13-9-7-10-14-25)26-15-11-8-12-16-26;1-2/h5-22,35H,1,3H2,2,4H3;1-2H3/b29-6+;. The van der Waals surface area contributed by atoms with E-state index < -0.39 is 0 Å². The monoisotopic (exact) mass is 541 g/mol. The Bertz CT molecular complexity index is 1840. The lowest BCUT2D eigenvalue weighted by Gasteiger charge is -2.25. The van der Waals surface area contributed by atoms with Gasteiger partial charge in [0.05, 0.1) is 16.6 Å². The Kier molecular flexibility index (Phi) is 7.99. The van der Waals surface area contributed by atoms with Gasteiger partial charge in [0.1, 0.15) is 0 Å². The number of hydrogen-bond donors (Lipinski definition) is 1. The first kappa shape index (κ1) is 27.2. The average molecular weight is 542 g/mol. The van der Waals surface area contributed by atoms with Crippen LogP contribution in [0.4, 0.5) is 17.1 Å². The molecule has 6 rings (SSSR count). The van der Waals surface area contributed by atoms with E-state index in [9.17, 15) is 0 Å². The van der Waals surface area contributed by atoms with Crippen LogP contribution < -0.4 is 15.5 Å². The summed E-state index contributed by atoms with van der Waals surface area (Å²) in [4.78, 5) is 7.06. The molecule has 0 amide bonds. The van der Waals surface area contributed by atoms with E-state index in [1.54, 1.807) is 11.8 Å². The summed E-state index contributed by atoms with van der Waals surface area (Å²) >= 11 is 1.74. The predicted molar refractivity (Wildman–Crippen MR) is 178 cm³/mol. The number of nitrogens with one attached hydrogen (secondary N) is 1. The molecule has 0 atom stereocenters. The van der Waals surface area contributed by atoms with E-state index in [1.807, 2.05) is 32.1 Å². The first-order chi connectivity index (χ1) is 19.6. The highest BCUT2D eigenvalue weighted by molar-refractivity contribution is 7.98. The summed E-state index contributed by atoms with van der Waals surface area (Å²) in [6, 6.07) is 34.3. The summed E-state index contributed by atoms with van der Waals surface area (Å²) in [6.07, 6.45) is 6.19. The Morgan fingerprint density at radius 2 is 1.40 bits per heavy atom. The molecule has 0 aliphatic heterocycles. The smallest absolute Gasteiger partial charge is 0.0794 e. The third kappa shape index (κ3) is 4.65. The lowest BCUT2D eigenvalue weighted by atomic mass is 10.1. The summed E-state index contributed by atoms with van der Waals surface area (Å²) in [7, 11) is 0. The van der Waals surface area contributed by atoms with Crippen LogP contribution in [0.5, 0.6) is 0 Å². The molecule has 3 nitrogen and oxygen atoms in total. The Labute approximate surface area is 240 Å². The second-order valence-electron chi connectivity index (χ2n) is 9.20. The van der Waals surface area contributed by atoms with Gasteiger partial charge in [-0.2, -0.15) is 0 Å². The molecule has 0 saturated carbocycles. The first-order valence-corrected chi connectivity index (χ1v) is 14.9. The van der Waals surface area contributed by atoms with E-state index in [0.717, 1.165) is 55.4 Å². The van der Waals surface area contributed by atoms with Crippen LogP contribution >= 0.6 is 11.8 Å². The van der Waals surface area contributed by atoms with Crippen LogP contribution in [0.1, 0.15) is 26.3 Å². The van der Waals surface area contributed by atoms with E-state index in [-0.39, 0.29) is 0 Å². The van der Waals surface area contributed by atoms with E-state index in [2.05, 4.69) is 132 Å². The van der Waals surface area contributed by atoms with Crippen molar-refractivity contribution in [2.75, 3.05) is 11.2 Å². The molecule has 0 aliphatic rings. The number of fused-ring (bicyclic) bond motifs is 3. The van der Waals surface area contributed by atoms with E-state index in [0.29, 0.717) is 0 Å². The van der Waals surface area contributed by atoms with Gasteiger partial charge in [-0.3, -0.25) is 0 Å². The number of benzene rings is 4.